The van der Waals surface area contributed by atoms with Crippen LogP contribution in [-0.2, 0) is 20.7 Å². The third kappa shape index (κ3) is 3.46. The van der Waals surface area contributed by atoms with Crippen LogP contribution in [0.5, 0.6) is 0 Å². The Morgan fingerprint density at radius 2 is 1.85 bits per heavy atom. The van der Waals surface area contributed by atoms with Crippen LogP contribution in [0.4, 0.5) is 0 Å². The molecule has 4 nitrogen and oxygen atoms in total. The Kier molecular flexibility index (Phi) is 5.60. The van der Waals surface area contributed by atoms with E-state index in [1.54, 1.807) is 0 Å². The standard InChI is InChI=1S/C22H27NO3/c1-4-16-10-12-17(13-11-16)14-19-20(22(25)26-3)15(2)23(21(19)24)18-8-6-5-7-9-18/h10-14,18H,4-9H2,1-3H3/b19-14+. The molecule has 138 valence electrons. The van der Waals surface area contributed by atoms with Crippen LogP contribution in [0.25, 0.3) is 6.08 Å². The number of carbonyl (C=O) groups is 2. The van der Waals surface area contributed by atoms with Crippen LogP contribution in [0.2, 0.25) is 0 Å². The summed E-state index contributed by atoms with van der Waals surface area (Å²) in [5.41, 5.74) is 3.75. The number of benzene rings is 1. The van der Waals surface area contributed by atoms with Gasteiger partial charge in [-0.25, -0.2) is 4.79 Å². The van der Waals surface area contributed by atoms with Crippen molar-refractivity contribution in [3.63, 3.8) is 0 Å². The predicted octanol–water partition coefficient (Wildman–Crippen LogP) is 4.25. The number of esters is 1. The smallest absolute Gasteiger partial charge is 0.340 e. The summed E-state index contributed by atoms with van der Waals surface area (Å²) in [4.78, 5) is 27.4. The fourth-order valence-corrected chi connectivity index (χ4v) is 3.99. The van der Waals surface area contributed by atoms with Crippen molar-refractivity contribution in [2.45, 2.75) is 58.4 Å². The summed E-state index contributed by atoms with van der Waals surface area (Å²) in [7, 11) is 1.37. The zero-order valence-electron chi connectivity index (χ0n) is 15.9. The molecule has 0 atom stereocenters. The first-order chi connectivity index (χ1) is 12.6. The minimum atomic E-state index is -0.439. The van der Waals surface area contributed by atoms with E-state index < -0.39 is 5.97 Å². The number of amides is 1. The van der Waals surface area contributed by atoms with Crippen molar-refractivity contribution < 1.29 is 14.3 Å². The Morgan fingerprint density at radius 1 is 1.19 bits per heavy atom. The van der Waals surface area contributed by atoms with Crippen LogP contribution in [0.1, 0.15) is 57.1 Å². The molecule has 1 aromatic rings. The summed E-state index contributed by atoms with van der Waals surface area (Å²) >= 11 is 0. The average Bonchev–Trinajstić information content (AvgIpc) is 2.92. The van der Waals surface area contributed by atoms with Crippen LogP contribution < -0.4 is 0 Å². The van der Waals surface area contributed by atoms with Crippen molar-refractivity contribution in [3.8, 4) is 0 Å². The van der Waals surface area contributed by atoms with Gasteiger partial charge in [0, 0.05) is 11.7 Å². The number of aryl methyl sites for hydroxylation is 1. The number of allylic oxidation sites excluding steroid dienone is 1. The highest BCUT2D eigenvalue weighted by atomic mass is 16.5. The molecular weight excluding hydrogens is 326 g/mol. The summed E-state index contributed by atoms with van der Waals surface area (Å²) in [6.07, 6.45) is 8.27. The Morgan fingerprint density at radius 3 is 2.42 bits per heavy atom. The monoisotopic (exact) mass is 353 g/mol. The Hall–Kier alpha value is -2.36. The largest absolute Gasteiger partial charge is 0.465 e. The molecule has 1 saturated carbocycles. The zero-order valence-corrected chi connectivity index (χ0v) is 15.9. The molecule has 0 radical (unpaired) electrons. The molecule has 0 spiro atoms. The molecule has 2 aliphatic rings. The van der Waals surface area contributed by atoms with Crippen molar-refractivity contribution in [2.75, 3.05) is 7.11 Å². The normalized spacial score (nSPS) is 20.2. The molecule has 0 unspecified atom stereocenters. The third-order valence-corrected chi connectivity index (χ3v) is 5.47. The van der Waals surface area contributed by atoms with E-state index in [-0.39, 0.29) is 11.9 Å². The van der Waals surface area contributed by atoms with Crippen LogP contribution in [-0.4, -0.2) is 29.9 Å². The molecule has 1 fully saturated rings. The van der Waals surface area contributed by atoms with Gasteiger partial charge < -0.3 is 9.64 Å². The molecule has 1 aliphatic carbocycles. The first kappa shape index (κ1) is 18.4. The predicted molar refractivity (Wildman–Crippen MR) is 102 cm³/mol. The van der Waals surface area contributed by atoms with E-state index in [1.807, 2.05) is 30.0 Å². The fourth-order valence-electron chi connectivity index (χ4n) is 3.99. The molecule has 1 heterocycles. The highest BCUT2D eigenvalue weighted by Gasteiger charge is 2.40. The number of hydrogen-bond donors (Lipinski definition) is 0. The Labute approximate surface area is 155 Å². The van der Waals surface area contributed by atoms with Gasteiger partial charge in [-0.15, -0.1) is 0 Å². The second kappa shape index (κ2) is 7.90. The molecule has 1 amide bonds. The van der Waals surface area contributed by atoms with Crippen LogP contribution in [0.15, 0.2) is 41.1 Å². The van der Waals surface area contributed by atoms with E-state index >= 15 is 0 Å². The molecule has 0 bridgehead atoms. The number of ether oxygens (including phenoxy) is 1. The van der Waals surface area contributed by atoms with E-state index in [4.69, 9.17) is 4.74 Å². The average molecular weight is 353 g/mol. The Balaban J connectivity index is 2.00. The van der Waals surface area contributed by atoms with Gasteiger partial charge in [-0.3, -0.25) is 4.79 Å². The number of hydrogen-bond acceptors (Lipinski definition) is 3. The second-order valence-electron chi connectivity index (χ2n) is 7.07. The van der Waals surface area contributed by atoms with Gasteiger partial charge in [0.25, 0.3) is 5.91 Å². The highest BCUT2D eigenvalue weighted by Crippen LogP contribution is 2.36. The second-order valence-corrected chi connectivity index (χ2v) is 7.07. The first-order valence-electron chi connectivity index (χ1n) is 9.50. The van der Waals surface area contributed by atoms with E-state index in [2.05, 4.69) is 19.1 Å². The van der Waals surface area contributed by atoms with E-state index in [9.17, 15) is 9.59 Å². The van der Waals surface area contributed by atoms with Gasteiger partial charge in [0.1, 0.15) is 0 Å². The molecule has 4 heteroatoms. The first-order valence-corrected chi connectivity index (χ1v) is 9.50. The quantitative estimate of drug-likeness (QED) is 0.600. The Bertz CT molecular complexity index is 752. The summed E-state index contributed by atoms with van der Waals surface area (Å²) in [5, 5.41) is 0. The fraction of sp³-hybridized carbons (Fsp3) is 0.455. The number of methoxy groups -OCH3 is 1. The van der Waals surface area contributed by atoms with Gasteiger partial charge in [-0.05, 0) is 43.4 Å². The number of carbonyl (C=O) groups excluding carboxylic acids is 2. The lowest BCUT2D eigenvalue weighted by molar-refractivity contribution is -0.136. The summed E-state index contributed by atoms with van der Waals surface area (Å²) < 4.78 is 4.98. The van der Waals surface area contributed by atoms with Crippen LogP contribution >= 0.6 is 0 Å². The topological polar surface area (TPSA) is 46.6 Å². The molecule has 26 heavy (non-hydrogen) atoms. The van der Waals surface area contributed by atoms with Gasteiger partial charge >= 0.3 is 5.97 Å². The highest BCUT2D eigenvalue weighted by molar-refractivity contribution is 6.16. The van der Waals surface area contributed by atoms with Gasteiger partial charge in [-0.2, -0.15) is 0 Å². The van der Waals surface area contributed by atoms with Crippen molar-refractivity contribution in [3.05, 3.63) is 52.2 Å². The van der Waals surface area contributed by atoms with Gasteiger partial charge in [0.05, 0.1) is 18.3 Å². The van der Waals surface area contributed by atoms with E-state index in [0.717, 1.165) is 43.4 Å². The minimum absolute atomic E-state index is 0.0747. The van der Waals surface area contributed by atoms with Crippen molar-refractivity contribution in [1.82, 2.24) is 4.90 Å². The number of nitrogens with zero attached hydrogens (tertiary/aromatic N) is 1. The maximum Gasteiger partial charge on any atom is 0.340 e. The van der Waals surface area contributed by atoms with Gasteiger partial charge in [-0.1, -0.05) is 50.5 Å². The van der Waals surface area contributed by atoms with Gasteiger partial charge in [0.2, 0.25) is 0 Å². The van der Waals surface area contributed by atoms with Crippen LogP contribution in [0, 0.1) is 0 Å². The lowest BCUT2D eigenvalue weighted by Gasteiger charge is -2.32. The van der Waals surface area contributed by atoms with Crippen molar-refractivity contribution >= 4 is 18.0 Å². The molecule has 0 aromatic heterocycles. The molecule has 0 saturated heterocycles. The molecule has 3 rings (SSSR count). The zero-order chi connectivity index (χ0) is 18.7. The lowest BCUT2D eigenvalue weighted by Crippen LogP contribution is -2.37. The van der Waals surface area contributed by atoms with Gasteiger partial charge in [0.15, 0.2) is 0 Å². The van der Waals surface area contributed by atoms with Crippen molar-refractivity contribution in [1.29, 1.82) is 0 Å². The molecule has 0 N–H and O–H groups in total. The minimum Gasteiger partial charge on any atom is -0.465 e. The number of rotatable bonds is 4. The molecule has 1 aromatic carbocycles. The van der Waals surface area contributed by atoms with Crippen molar-refractivity contribution in [2.24, 2.45) is 0 Å². The summed E-state index contributed by atoms with van der Waals surface area (Å²) in [6, 6.07) is 8.28. The van der Waals surface area contributed by atoms with E-state index in [0.29, 0.717) is 11.1 Å². The SMILES string of the molecule is CCc1ccc(/C=C2/C(=O)N(C3CCCCC3)C(C)=C2C(=O)OC)cc1. The molecule has 1 aliphatic heterocycles. The third-order valence-electron chi connectivity index (χ3n) is 5.47. The van der Waals surface area contributed by atoms with Crippen LogP contribution in [0.3, 0.4) is 0 Å². The maximum atomic E-state index is 13.2. The maximum absolute atomic E-state index is 13.2. The molecular formula is C22H27NO3. The summed E-state index contributed by atoms with van der Waals surface area (Å²) in [6.45, 7) is 3.97. The van der Waals surface area contributed by atoms with E-state index in [1.165, 1.54) is 19.1 Å². The lowest BCUT2D eigenvalue weighted by atomic mass is 9.94. The summed E-state index contributed by atoms with van der Waals surface area (Å²) in [5.74, 6) is -0.514.